The normalized spacial score (nSPS) is 50.7. The number of aliphatic hydroxyl groups is 1. The molecule has 2 aliphatic rings. The fraction of sp³-hybridized carbons (Fsp3) is 1.00. The number of hydrogen-bond acceptors (Lipinski definition) is 1. The number of quaternary nitrogens is 1. The third-order valence-corrected chi connectivity index (χ3v) is 3.53. The molecule has 0 radical (unpaired) electrons. The maximum atomic E-state index is 9.68. The van der Waals surface area contributed by atoms with Crippen LogP contribution in [0.4, 0.5) is 0 Å². The van der Waals surface area contributed by atoms with Crippen molar-refractivity contribution in [3.63, 3.8) is 0 Å². The fourth-order valence-electron chi connectivity index (χ4n) is 2.84. The Morgan fingerprint density at radius 3 is 2.82 bits per heavy atom. The van der Waals surface area contributed by atoms with Crippen LogP contribution in [0.2, 0.25) is 0 Å². The van der Waals surface area contributed by atoms with Crippen LogP contribution in [0.3, 0.4) is 0 Å². The molecule has 0 bridgehead atoms. The minimum atomic E-state index is 0.0196. The SMILES string of the molecule is C[NH+]1CC[C@@H](O)[C@H]2CCC[C@@H]21. The third-order valence-electron chi connectivity index (χ3n) is 3.53. The van der Waals surface area contributed by atoms with E-state index in [0.29, 0.717) is 5.92 Å². The number of hydrogen-bond donors (Lipinski definition) is 2. The summed E-state index contributed by atoms with van der Waals surface area (Å²) < 4.78 is 0. The van der Waals surface area contributed by atoms with E-state index in [4.69, 9.17) is 0 Å². The van der Waals surface area contributed by atoms with Crippen LogP contribution in [0.1, 0.15) is 25.7 Å². The lowest BCUT2D eigenvalue weighted by Crippen LogP contribution is -3.15. The standard InChI is InChI=1S/C9H17NO/c1-10-6-5-9(11)7-3-2-4-8(7)10/h7-9,11H,2-6H2,1H3/p+1/t7-,8-,9+/m0/s1. The van der Waals surface area contributed by atoms with Gasteiger partial charge in [0.15, 0.2) is 0 Å². The van der Waals surface area contributed by atoms with Crippen molar-refractivity contribution in [1.82, 2.24) is 0 Å². The Hall–Kier alpha value is -0.0800. The zero-order chi connectivity index (χ0) is 7.84. The molecule has 0 aromatic rings. The highest BCUT2D eigenvalue weighted by Gasteiger charge is 2.41. The fourth-order valence-corrected chi connectivity index (χ4v) is 2.84. The van der Waals surface area contributed by atoms with Gasteiger partial charge in [0.05, 0.1) is 25.7 Å². The van der Waals surface area contributed by atoms with Crippen molar-refractivity contribution in [3.05, 3.63) is 0 Å². The Morgan fingerprint density at radius 1 is 1.27 bits per heavy atom. The molecule has 1 aliphatic carbocycles. The third kappa shape index (κ3) is 1.18. The molecule has 0 amide bonds. The summed E-state index contributed by atoms with van der Waals surface area (Å²) in [4.78, 5) is 1.65. The molecule has 11 heavy (non-hydrogen) atoms. The average Bonchev–Trinajstić information content (AvgIpc) is 2.45. The first kappa shape index (κ1) is 7.56. The summed E-state index contributed by atoms with van der Waals surface area (Å²) in [6.07, 6.45) is 4.99. The van der Waals surface area contributed by atoms with Gasteiger partial charge in [-0.25, -0.2) is 0 Å². The lowest BCUT2D eigenvalue weighted by atomic mass is 9.90. The highest BCUT2D eigenvalue weighted by Crippen LogP contribution is 2.29. The number of likely N-dealkylation sites (tertiary alicyclic amines) is 1. The van der Waals surface area contributed by atoms with Crippen molar-refractivity contribution in [1.29, 1.82) is 0 Å². The molecule has 1 saturated heterocycles. The zero-order valence-corrected chi connectivity index (χ0v) is 7.21. The van der Waals surface area contributed by atoms with Gasteiger partial charge >= 0.3 is 0 Å². The summed E-state index contributed by atoms with van der Waals surface area (Å²) in [6, 6.07) is 0.777. The molecule has 64 valence electrons. The van der Waals surface area contributed by atoms with Gasteiger partial charge < -0.3 is 10.0 Å². The molecule has 2 rings (SSSR count). The second kappa shape index (κ2) is 2.76. The number of aliphatic hydroxyl groups excluding tert-OH is 1. The summed E-state index contributed by atoms with van der Waals surface area (Å²) in [5.74, 6) is 0.628. The van der Waals surface area contributed by atoms with E-state index < -0.39 is 0 Å². The van der Waals surface area contributed by atoms with Crippen LogP contribution in [-0.2, 0) is 0 Å². The number of piperidine rings is 1. The van der Waals surface area contributed by atoms with Crippen LogP contribution in [0.15, 0.2) is 0 Å². The van der Waals surface area contributed by atoms with Crippen LogP contribution in [0.25, 0.3) is 0 Å². The summed E-state index contributed by atoms with van der Waals surface area (Å²) in [5.41, 5.74) is 0. The molecular weight excluding hydrogens is 138 g/mol. The minimum Gasteiger partial charge on any atom is -0.392 e. The summed E-state index contributed by atoms with van der Waals surface area (Å²) >= 11 is 0. The van der Waals surface area contributed by atoms with Crippen molar-refractivity contribution < 1.29 is 10.0 Å². The monoisotopic (exact) mass is 156 g/mol. The number of nitrogens with one attached hydrogen (secondary N) is 1. The first-order valence-electron chi connectivity index (χ1n) is 4.79. The summed E-state index contributed by atoms with van der Waals surface area (Å²) in [5, 5.41) is 9.68. The highest BCUT2D eigenvalue weighted by atomic mass is 16.3. The molecule has 1 unspecified atom stereocenters. The van der Waals surface area contributed by atoms with E-state index in [-0.39, 0.29) is 6.10 Å². The number of rotatable bonds is 0. The maximum Gasteiger partial charge on any atom is 0.0926 e. The maximum absolute atomic E-state index is 9.68. The molecule has 0 aromatic carbocycles. The highest BCUT2D eigenvalue weighted by molar-refractivity contribution is 4.84. The molecule has 1 aliphatic heterocycles. The largest absolute Gasteiger partial charge is 0.392 e. The Balaban J connectivity index is 2.08. The van der Waals surface area contributed by atoms with Gasteiger partial charge in [-0.3, -0.25) is 0 Å². The van der Waals surface area contributed by atoms with Crippen LogP contribution in [0.5, 0.6) is 0 Å². The minimum absolute atomic E-state index is 0.0196. The van der Waals surface area contributed by atoms with E-state index >= 15 is 0 Å². The Labute approximate surface area is 68.2 Å². The van der Waals surface area contributed by atoms with E-state index in [2.05, 4.69) is 7.05 Å². The Bertz CT molecular complexity index is 132. The second-order valence-electron chi connectivity index (χ2n) is 4.15. The smallest absolute Gasteiger partial charge is 0.0926 e. The Morgan fingerprint density at radius 2 is 2.09 bits per heavy atom. The van der Waals surface area contributed by atoms with E-state index in [0.717, 1.165) is 12.5 Å². The van der Waals surface area contributed by atoms with Gasteiger partial charge in [-0.15, -0.1) is 0 Å². The molecule has 2 heteroatoms. The lowest BCUT2D eigenvalue weighted by Gasteiger charge is -2.35. The zero-order valence-electron chi connectivity index (χ0n) is 7.21. The summed E-state index contributed by atoms with van der Waals surface area (Å²) in [6.45, 7) is 1.17. The molecule has 1 saturated carbocycles. The average molecular weight is 156 g/mol. The van der Waals surface area contributed by atoms with Crippen molar-refractivity contribution in [2.24, 2.45) is 5.92 Å². The lowest BCUT2D eigenvalue weighted by molar-refractivity contribution is -0.915. The van der Waals surface area contributed by atoms with Gasteiger partial charge in [-0.2, -0.15) is 0 Å². The topological polar surface area (TPSA) is 24.7 Å². The van der Waals surface area contributed by atoms with Crippen molar-refractivity contribution in [2.75, 3.05) is 13.6 Å². The number of fused-ring (bicyclic) bond motifs is 1. The Kier molecular flexibility index (Phi) is 1.90. The van der Waals surface area contributed by atoms with Crippen LogP contribution < -0.4 is 4.90 Å². The van der Waals surface area contributed by atoms with E-state index in [1.807, 2.05) is 0 Å². The molecule has 4 atom stereocenters. The van der Waals surface area contributed by atoms with Gasteiger partial charge in [-0.1, -0.05) is 0 Å². The molecule has 2 nitrogen and oxygen atoms in total. The second-order valence-corrected chi connectivity index (χ2v) is 4.15. The first-order chi connectivity index (χ1) is 5.29. The predicted octanol–water partition coefficient (Wildman–Crippen LogP) is -0.566. The van der Waals surface area contributed by atoms with Gasteiger partial charge in [0, 0.05) is 12.3 Å². The van der Waals surface area contributed by atoms with Crippen molar-refractivity contribution in [3.8, 4) is 0 Å². The molecular formula is C9H18NO+. The molecule has 0 aromatic heterocycles. The van der Waals surface area contributed by atoms with Gasteiger partial charge in [0.1, 0.15) is 0 Å². The van der Waals surface area contributed by atoms with E-state index in [9.17, 15) is 5.11 Å². The van der Waals surface area contributed by atoms with Gasteiger partial charge in [0.25, 0.3) is 0 Å². The first-order valence-corrected chi connectivity index (χ1v) is 4.79. The predicted molar refractivity (Wildman–Crippen MR) is 43.5 cm³/mol. The summed E-state index contributed by atoms with van der Waals surface area (Å²) in [7, 11) is 2.27. The molecule has 2 fully saturated rings. The van der Waals surface area contributed by atoms with Crippen LogP contribution in [0, 0.1) is 5.92 Å². The molecule has 1 heterocycles. The van der Waals surface area contributed by atoms with Crippen molar-refractivity contribution >= 4 is 0 Å². The van der Waals surface area contributed by atoms with E-state index in [1.165, 1.54) is 25.8 Å². The molecule has 0 spiro atoms. The van der Waals surface area contributed by atoms with Crippen molar-refractivity contribution in [2.45, 2.75) is 37.8 Å². The van der Waals surface area contributed by atoms with E-state index in [1.54, 1.807) is 4.90 Å². The quantitative estimate of drug-likeness (QED) is 0.482. The van der Waals surface area contributed by atoms with Gasteiger partial charge in [0.2, 0.25) is 0 Å². The molecule has 2 N–H and O–H groups in total. The van der Waals surface area contributed by atoms with Gasteiger partial charge in [-0.05, 0) is 19.3 Å². The van der Waals surface area contributed by atoms with Crippen LogP contribution >= 0.6 is 0 Å². The van der Waals surface area contributed by atoms with Crippen LogP contribution in [-0.4, -0.2) is 30.8 Å².